The lowest BCUT2D eigenvalue weighted by atomic mass is 10.1. The number of aromatic carboxylic acids is 1. The van der Waals surface area contributed by atoms with Crippen molar-refractivity contribution in [1.82, 2.24) is 0 Å². The molecule has 1 aliphatic rings. The van der Waals surface area contributed by atoms with Crippen LogP contribution in [0.4, 0.5) is 13.2 Å². The summed E-state index contributed by atoms with van der Waals surface area (Å²) in [5, 5.41) is 8.71. The van der Waals surface area contributed by atoms with E-state index in [1.165, 1.54) is 0 Å². The number of hydrogen-bond acceptors (Lipinski definition) is 2. The van der Waals surface area contributed by atoms with Crippen molar-refractivity contribution in [3.63, 3.8) is 0 Å². The predicted octanol–water partition coefficient (Wildman–Crippen LogP) is 3.58. The fourth-order valence-electron chi connectivity index (χ4n) is 1.75. The van der Waals surface area contributed by atoms with E-state index in [4.69, 9.17) is 9.84 Å². The molecule has 19 heavy (non-hydrogen) atoms. The molecule has 1 saturated carbocycles. The summed E-state index contributed by atoms with van der Waals surface area (Å²) in [6.45, 7) is 0.222. The van der Waals surface area contributed by atoms with Gasteiger partial charge in [-0.1, -0.05) is 12.8 Å². The van der Waals surface area contributed by atoms with E-state index >= 15 is 0 Å². The van der Waals surface area contributed by atoms with Gasteiger partial charge >= 0.3 is 12.1 Å². The van der Waals surface area contributed by atoms with Gasteiger partial charge in [0.05, 0.1) is 17.7 Å². The number of carboxylic acids is 1. The quantitative estimate of drug-likeness (QED) is 0.892. The van der Waals surface area contributed by atoms with Crippen LogP contribution in [0.15, 0.2) is 18.2 Å². The molecule has 0 aromatic heterocycles. The van der Waals surface area contributed by atoms with Crippen LogP contribution in [0.1, 0.15) is 35.2 Å². The van der Waals surface area contributed by atoms with Gasteiger partial charge in [0.25, 0.3) is 0 Å². The zero-order chi connectivity index (χ0) is 14.0. The van der Waals surface area contributed by atoms with Gasteiger partial charge in [0.2, 0.25) is 0 Å². The monoisotopic (exact) mass is 274 g/mol. The van der Waals surface area contributed by atoms with Gasteiger partial charge in [-0.2, -0.15) is 13.2 Å². The van der Waals surface area contributed by atoms with Crippen molar-refractivity contribution in [1.29, 1.82) is 0 Å². The number of carboxylic acid groups (broad SMARTS) is 1. The van der Waals surface area contributed by atoms with Gasteiger partial charge in [0, 0.05) is 0 Å². The summed E-state index contributed by atoms with van der Waals surface area (Å²) in [5.74, 6) is -1.14. The smallest absolute Gasteiger partial charge is 0.419 e. The summed E-state index contributed by atoms with van der Waals surface area (Å²) in [4.78, 5) is 10.7. The SMILES string of the molecule is O=C(O)c1ccc(OCCC2CC2)c(C(F)(F)F)c1. The normalized spacial score (nSPS) is 15.3. The van der Waals surface area contributed by atoms with Crippen LogP contribution in [-0.4, -0.2) is 17.7 Å². The van der Waals surface area contributed by atoms with Gasteiger partial charge in [0.15, 0.2) is 0 Å². The van der Waals surface area contributed by atoms with Crippen LogP contribution in [0.2, 0.25) is 0 Å². The maximum absolute atomic E-state index is 12.8. The Morgan fingerprint density at radius 1 is 1.37 bits per heavy atom. The van der Waals surface area contributed by atoms with Crippen molar-refractivity contribution in [3.05, 3.63) is 29.3 Å². The van der Waals surface area contributed by atoms with Gasteiger partial charge in [-0.15, -0.1) is 0 Å². The Kier molecular flexibility index (Phi) is 3.68. The first-order valence-electron chi connectivity index (χ1n) is 5.95. The molecule has 0 amide bonds. The Balaban J connectivity index is 2.17. The molecule has 1 aromatic carbocycles. The minimum absolute atomic E-state index is 0.222. The van der Waals surface area contributed by atoms with Crippen molar-refractivity contribution < 1.29 is 27.8 Å². The Labute approximate surface area is 108 Å². The van der Waals surface area contributed by atoms with Gasteiger partial charge < -0.3 is 9.84 Å². The summed E-state index contributed by atoms with van der Waals surface area (Å²) in [5.41, 5.74) is -1.44. The zero-order valence-electron chi connectivity index (χ0n) is 10.0. The number of ether oxygens (including phenoxy) is 1. The van der Waals surface area contributed by atoms with Crippen molar-refractivity contribution in [2.24, 2.45) is 5.92 Å². The number of carbonyl (C=O) groups is 1. The molecule has 1 fully saturated rings. The zero-order valence-corrected chi connectivity index (χ0v) is 10.0. The van der Waals surface area contributed by atoms with E-state index in [0.717, 1.165) is 31.4 Å². The highest BCUT2D eigenvalue weighted by Crippen LogP contribution is 2.38. The first-order chi connectivity index (χ1) is 8.88. The van der Waals surface area contributed by atoms with E-state index in [9.17, 15) is 18.0 Å². The third-order valence-electron chi connectivity index (χ3n) is 3.01. The largest absolute Gasteiger partial charge is 0.493 e. The van der Waals surface area contributed by atoms with Crippen LogP contribution in [0, 0.1) is 5.92 Å². The molecule has 0 atom stereocenters. The third-order valence-corrected chi connectivity index (χ3v) is 3.01. The maximum Gasteiger partial charge on any atom is 0.419 e. The average molecular weight is 274 g/mol. The molecule has 3 nitrogen and oxygen atoms in total. The molecule has 1 N–H and O–H groups in total. The summed E-state index contributed by atoms with van der Waals surface area (Å²) < 4.78 is 43.6. The summed E-state index contributed by atoms with van der Waals surface area (Å²) in [7, 11) is 0. The van der Waals surface area contributed by atoms with Crippen LogP contribution in [0.3, 0.4) is 0 Å². The van der Waals surface area contributed by atoms with Crippen LogP contribution in [0.25, 0.3) is 0 Å². The first-order valence-corrected chi connectivity index (χ1v) is 5.95. The second-order valence-electron chi connectivity index (χ2n) is 4.59. The van der Waals surface area contributed by atoms with Crippen molar-refractivity contribution in [3.8, 4) is 5.75 Å². The van der Waals surface area contributed by atoms with Gasteiger partial charge in [-0.25, -0.2) is 4.79 Å². The van der Waals surface area contributed by atoms with Crippen LogP contribution in [-0.2, 0) is 6.18 Å². The van der Waals surface area contributed by atoms with E-state index < -0.39 is 23.3 Å². The van der Waals surface area contributed by atoms with Crippen molar-refractivity contribution >= 4 is 5.97 Å². The molecule has 0 spiro atoms. The standard InChI is InChI=1S/C13H13F3O3/c14-13(15,16)10-7-9(12(17)18)3-4-11(10)19-6-5-8-1-2-8/h3-4,7-8H,1-2,5-6H2,(H,17,18). The minimum atomic E-state index is -4.62. The number of halogens is 3. The molecule has 0 radical (unpaired) electrons. The molecule has 2 rings (SSSR count). The predicted molar refractivity (Wildman–Crippen MR) is 61.2 cm³/mol. The van der Waals surface area contributed by atoms with E-state index in [0.29, 0.717) is 12.0 Å². The maximum atomic E-state index is 12.8. The summed E-state index contributed by atoms with van der Waals surface area (Å²) >= 11 is 0. The molecular weight excluding hydrogens is 261 g/mol. The molecule has 1 aromatic rings. The summed E-state index contributed by atoms with van der Waals surface area (Å²) in [6, 6.07) is 2.79. The average Bonchev–Trinajstić information content (AvgIpc) is 3.11. The number of hydrogen-bond donors (Lipinski definition) is 1. The summed E-state index contributed by atoms with van der Waals surface area (Å²) in [6.07, 6.45) is -1.68. The van der Waals surface area contributed by atoms with E-state index in [2.05, 4.69) is 0 Å². The lowest BCUT2D eigenvalue weighted by molar-refractivity contribution is -0.139. The second kappa shape index (κ2) is 5.11. The van der Waals surface area contributed by atoms with E-state index in [-0.39, 0.29) is 12.4 Å². The lowest BCUT2D eigenvalue weighted by Crippen LogP contribution is -2.11. The van der Waals surface area contributed by atoms with E-state index in [1.54, 1.807) is 0 Å². The number of alkyl halides is 3. The van der Waals surface area contributed by atoms with Crippen molar-refractivity contribution in [2.75, 3.05) is 6.61 Å². The highest BCUT2D eigenvalue weighted by atomic mass is 19.4. The third kappa shape index (κ3) is 3.62. The highest BCUT2D eigenvalue weighted by Gasteiger charge is 2.35. The highest BCUT2D eigenvalue weighted by molar-refractivity contribution is 5.88. The van der Waals surface area contributed by atoms with Gasteiger partial charge in [-0.3, -0.25) is 0 Å². The fraction of sp³-hybridized carbons (Fsp3) is 0.462. The molecule has 1 aliphatic carbocycles. The van der Waals surface area contributed by atoms with E-state index in [1.807, 2.05) is 0 Å². The molecule has 0 aliphatic heterocycles. The fourth-order valence-corrected chi connectivity index (χ4v) is 1.75. The Hall–Kier alpha value is -1.72. The first kappa shape index (κ1) is 13.7. The Morgan fingerprint density at radius 2 is 2.05 bits per heavy atom. The molecule has 6 heteroatoms. The molecule has 104 valence electrons. The molecule has 0 heterocycles. The van der Waals surface area contributed by atoms with Gasteiger partial charge in [-0.05, 0) is 30.5 Å². The van der Waals surface area contributed by atoms with Crippen LogP contribution >= 0.6 is 0 Å². The lowest BCUT2D eigenvalue weighted by Gasteiger charge is -2.14. The molecule has 0 unspecified atom stereocenters. The minimum Gasteiger partial charge on any atom is -0.493 e. The number of rotatable bonds is 5. The Morgan fingerprint density at radius 3 is 2.58 bits per heavy atom. The molecular formula is C13H13F3O3. The second-order valence-corrected chi connectivity index (χ2v) is 4.59. The topological polar surface area (TPSA) is 46.5 Å². The molecule has 0 saturated heterocycles. The Bertz CT molecular complexity index is 479. The van der Waals surface area contributed by atoms with Crippen LogP contribution < -0.4 is 4.74 Å². The van der Waals surface area contributed by atoms with Crippen molar-refractivity contribution in [2.45, 2.75) is 25.4 Å². The number of benzene rings is 1. The molecule has 0 bridgehead atoms. The van der Waals surface area contributed by atoms with Gasteiger partial charge in [0.1, 0.15) is 5.75 Å². The van der Waals surface area contributed by atoms with Crippen LogP contribution in [0.5, 0.6) is 5.75 Å².